The number of rotatable bonds is 5. The highest BCUT2D eigenvalue weighted by Crippen LogP contribution is 2.17. The fraction of sp³-hybridized carbons (Fsp3) is 0.462. The fourth-order valence-electron chi connectivity index (χ4n) is 1.66. The molecule has 92 valence electrons. The van der Waals surface area contributed by atoms with E-state index in [-0.39, 0.29) is 11.7 Å². The van der Waals surface area contributed by atoms with Gasteiger partial charge in [-0.3, -0.25) is 0 Å². The highest BCUT2D eigenvalue weighted by molar-refractivity contribution is 6.30. The van der Waals surface area contributed by atoms with Crippen molar-refractivity contribution in [1.82, 2.24) is 4.90 Å². The van der Waals surface area contributed by atoms with Gasteiger partial charge < -0.3 is 4.90 Å². The van der Waals surface area contributed by atoms with E-state index in [9.17, 15) is 4.39 Å². The van der Waals surface area contributed by atoms with E-state index in [0.29, 0.717) is 23.7 Å². The molecule has 0 aromatic heterocycles. The summed E-state index contributed by atoms with van der Waals surface area (Å²) in [6, 6.07) is 6.76. The van der Waals surface area contributed by atoms with Crippen molar-refractivity contribution in [3.63, 3.8) is 0 Å². The molecule has 0 heterocycles. The van der Waals surface area contributed by atoms with Gasteiger partial charge in [-0.05, 0) is 31.7 Å². The van der Waals surface area contributed by atoms with Crippen LogP contribution in [0.25, 0.3) is 0 Å². The minimum atomic E-state index is -0.258. The second kappa shape index (κ2) is 6.58. The molecule has 0 fully saturated rings. The van der Waals surface area contributed by atoms with Crippen molar-refractivity contribution in [2.45, 2.75) is 19.9 Å². The standard InChI is InChI=1S/C13H16ClFN2/c1-3-10(7-16)8-17(2)9-11-6-12(14)4-5-13(11)15/h4-6,10H,3,8-9H2,1-2H3. The third-order valence-electron chi connectivity index (χ3n) is 2.66. The topological polar surface area (TPSA) is 27.0 Å². The van der Waals surface area contributed by atoms with Crippen LogP contribution in [-0.2, 0) is 6.54 Å². The molecule has 0 aliphatic carbocycles. The third-order valence-corrected chi connectivity index (χ3v) is 2.89. The van der Waals surface area contributed by atoms with Gasteiger partial charge in [0.25, 0.3) is 0 Å². The molecule has 0 amide bonds. The third kappa shape index (κ3) is 4.33. The first-order chi connectivity index (χ1) is 8.06. The summed E-state index contributed by atoms with van der Waals surface area (Å²) in [6.07, 6.45) is 0.804. The van der Waals surface area contributed by atoms with Crippen LogP contribution >= 0.6 is 11.6 Å². The van der Waals surface area contributed by atoms with E-state index in [4.69, 9.17) is 16.9 Å². The SMILES string of the molecule is CCC(C#N)CN(C)Cc1cc(Cl)ccc1F. The maximum absolute atomic E-state index is 13.5. The summed E-state index contributed by atoms with van der Waals surface area (Å²) in [5.41, 5.74) is 0.563. The Hall–Kier alpha value is -1.11. The molecular weight excluding hydrogens is 239 g/mol. The minimum Gasteiger partial charge on any atom is -0.301 e. The summed E-state index contributed by atoms with van der Waals surface area (Å²) in [4.78, 5) is 1.94. The number of nitriles is 1. The van der Waals surface area contributed by atoms with Gasteiger partial charge in [0.2, 0.25) is 0 Å². The van der Waals surface area contributed by atoms with Crippen LogP contribution in [0.5, 0.6) is 0 Å². The zero-order valence-electron chi connectivity index (χ0n) is 10.1. The molecule has 0 saturated heterocycles. The molecule has 0 spiro atoms. The Morgan fingerprint density at radius 1 is 1.53 bits per heavy atom. The molecule has 2 nitrogen and oxygen atoms in total. The van der Waals surface area contributed by atoms with Gasteiger partial charge in [-0.15, -0.1) is 0 Å². The first-order valence-electron chi connectivity index (χ1n) is 5.59. The predicted molar refractivity (Wildman–Crippen MR) is 67.1 cm³/mol. The van der Waals surface area contributed by atoms with E-state index in [0.717, 1.165) is 6.42 Å². The molecule has 1 aromatic carbocycles. The van der Waals surface area contributed by atoms with E-state index in [1.807, 2.05) is 18.9 Å². The van der Waals surface area contributed by atoms with E-state index in [2.05, 4.69) is 6.07 Å². The molecule has 0 aliphatic rings. The lowest BCUT2D eigenvalue weighted by Crippen LogP contribution is -2.24. The van der Waals surface area contributed by atoms with Crippen molar-refractivity contribution in [3.8, 4) is 6.07 Å². The smallest absolute Gasteiger partial charge is 0.127 e. The highest BCUT2D eigenvalue weighted by atomic mass is 35.5. The molecule has 4 heteroatoms. The van der Waals surface area contributed by atoms with Crippen molar-refractivity contribution in [2.75, 3.05) is 13.6 Å². The molecule has 17 heavy (non-hydrogen) atoms. The minimum absolute atomic E-state index is 0.0118. The Balaban J connectivity index is 2.65. The molecule has 1 unspecified atom stereocenters. The summed E-state index contributed by atoms with van der Waals surface area (Å²) >= 11 is 5.82. The Labute approximate surface area is 107 Å². The molecule has 0 aliphatic heterocycles. The lowest BCUT2D eigenvalue weighted by atomic mass is 10.1. The van der Waals surface area contributed by atoms with Crippen LogP contribution in [0.4, 0.5) is 4.39 Å². The Bertz CT molecular complexity index is 414. The normalized spacial score (nSPS) is 12.5. The molecule has 0 N–H and O–H groups in total. The van der Waals surface area contributed by atoms with Crippen molar-refractivity contribution >= 4 is 11.6 Å². The number of benzene rings is 1. The van der Waals surface area contributed by atoms with Gasteiger partial charge in [0.05, 0.1) is 12.0 Å². The van der Waals surface area contributed by atoms with Crippen LogP contribution in [0, 0.1) is 23.1 Å². The Morgan fingerprint density at radius 3 is 2.82 bits per heavy atom. The van der Waals surface area contributed by atoms with E-state index < -0.39 is 0 Å². The quantitative estimate of drug-likeness (QED) is 0.805. The average molecular weight is 255 g/mol. The lowest BCUT2D eigenvalue weighted by Gasteiger charge is -2.19. The second-order valence-electron chi connectivity index (χ2n) is 4.17. The monoisotopic (exact) mass is 254 g/mol. The van der Waals surface area contributed by atoms with Gasteiger partial charge in [0, 0.05) is 23.7 Å². The van der Waals surface area contributed by atoms with E-state index in [1.165, 1.54) is 12.1 Å². The predicted octanol–water partition coefficient (Wildman–Crippen LogP) is 3.46. The van der Waals surface area contributed by atoms with Crippen LogP contribution in [0.3, 0.4) is 0 Å². The average Bonchev–Trinajstić information content (AvgIpc) is 2.31. The van der Waals surface area contributed by atoms with Crippen molar-refractivity contribution in [1.29, 1.82) is 5.26 Å². The largest absolute Gasteiger partial charge is 0.301 e. The summed E-state index contributed by atoms with van der Waals surface area (Å²) in [5.74, 6) is -0.270. The van der Waals surface area contributed by atoms with Crippen LogP contribution in [-0.4, -0.2) is 18.5 Å². The summed E-state index contributed by atoms with van der Waals surface area (Å²) in [6.45, 7) is 3.07. The zero-order valence-corrected chi connectivity index (χ0v) is 10.8. The van der Waals surface area contributed by atoms with Gasteiger partial charge in [-0.25, -0.2) is 4.39 Å². The molecule has 0 radical (unpaired) electrons. The molecule has 1 atom stereocenters. The van der Waals surface area contributed by atoms with Crippen LogP contribution < -0.4 is 0 Å². The van der Waals surface area contributed by atoms with E-state index in [1.54, 1.807) is 6.07 Å². The summed E-state index contributed by atoms with van der Waals surface area (Å²) < 4.78 is 13.5. The first kappa shape index (κ1) is 14.0. The highest BCUT2D eigenvalue weighted by Gasteiger charge is 2.11. The van der Waals surface area contributed by atoms with Crippen LogP contribution in [0.1, 0.15) is 18.9 Å². The van der Waals surface area contributed by atoms with Crippen molar-refractivity contribution in [2.24, 2.45) is 5.92 Å². The maximum atomic E-state index is 13.5. The van der Waals surface area contributed by atoms with Gasteiger partial charge >= 0.3 is 0 Å². The summed E-state index contributed by atoms with van der Waals surface area (Å²) in [5, 5.41) is 9.40. The van der Waals surface area contributed by atoms with Crippen LogP contribution in [0.2, 0.25) is 5.02 Å². The van der Waals surface area contributed by atoms with Crippen molar-refractivity contribution < 1.29 is 4.39 Å². The first-order valence-corrected chi connectivity index (χ1v) is 5.96. The second-order valence-corrected chi connectivity index (χ2v) is 4.60. The number of halogens is 2. The fourth-order valence-corrected chi connectivity index (χ4v) is 1.85. The van der Waals surface area contributed by atoms with Crippen LogP contribution in [0.15, 0.2) is 18.2 Å². The summed E-state index contributed by atoms with van der Waals surface area (Å²) in [7, 11) is 1.88. The lowest BCUT2D eigenvalue weighted by molar-refractivity contribution is 0.288. The molecule has 0 bridgehead atoms. The Kier molecular flexibility index (Phi) is 5.40. The number of hydrogen-bond acceptors (Lipinski definition) is 2. The molecule has 0 saturated carbocycles. The molecule has 1 aromatic rings. The van der Waals surface area contributed by atoms with Gasteiger partial charge in [0.15, 0.2) is 0 Å². The van der Waals surface area contributed by atoms with Gasteiger partial charge in [-0.2, -0.15) is 5.26 Å². The van der Waals surface area contributed by atoms with Crippen molar-refractivity contribution in [3.05, 3.63) is 34.6 Å². The Morgan fingerprint density at radius 2 is 2.24 bits per heavy atom. The number of nitrogens with zero attached hydrogens (tertiary/aromatic N) is 2. The number of hydrogen-bond donors (Lipinski definition) is 0. The molecule has 1 rings (SSSR count). The molecular formula is C13H16ClFN2. The zero-order chi connectivity index (χ0) is 12.8. The maximum Gasteiger partial charge on any atom is 0.127 e. The van der Waals surface area contributed by atoms with E-state index >= 15 is 0 Å². The van der Waals surface area contributed by atoms with Gasteiger partial charge in [0.1, 0.15) is 5.82 Å². The van der Waals surface area contributed by atoms with Gasteiger partial charge in [-0.1, -0.05) is 18.5 Å².